The molecule has 1 atom stereocenters. The van der Waals surface area contributed by atoms with E-state index in [9.17, 15) is 14.9 Å². The third kappa shape index (κ3) is 3.51. The fraction of sp³-hybridized carbons (Fsp3) is 0.120. The summed E-state index contributed by atoms with van der Waals surface area (Å²) in [4.78, 5) is 29.2. The highest BCUT2D eigenvalue weighted by molar-refractivity contribution is 6.03. The van der Waals surface area contributed by atoms with E-state index in [1.165, 1.54) is 12.1 Å². The zero-order valence-corrected chi connectivity index (χ0v) is 17.8. The first-order valence-electron chi connectivity index (χ1n) is 10.5. The van der Waals surface area contributed by atoms with Crippen LogP contribution in [0.25, 0.3) is 16.7 Å². The van der Waals surface area contributed by atoms with Crippen LogP contribution < -0.4 is 5.32 Å². The molecule has 0 fully saturated rings. The van der Waals surface area contributed by atoms with Gasteiger partial charge in [0.2, 0.25) is 5.95 Å². The zero-order chi connectivity index (χ0) is 22.9. The average Bonchev–Trinajstić information content (AvgIpc) is 3.22. The number of carbonyl (C=O) groups is 1. The number of aromatic nitrogens is 2. The molecule has 1 aromatic heterocycles. The van der Waals surface area contributed by atoms with Gasteiger partial charge in [-0.15, -0.1) is 0 Å². The molecule has 0 radical (unpaired) electrons. The van der Waals surface area contributed by atoms with E-state index in [-0.39, 0.29) is 12.3 Å². The Morgan fingerprint density at radius 2 is 1.85 bits per heavy atom. The Hall–Kier alpha value is -4.46. The minimum atomic E-state index is -0.678. The number of anilines is 1. The van der Waals surface area contributed by atoms with Crippen LogP contribution in [0.1, 0.15) is 24.1 Å². The Balaban J connectivity index is 1.84. The first-order valence-corrected chi connectivity index (χ1v) is 10.5. The number of rotatable bonds is 5. The van der Waals surface area contributed by atoms with Crippen molar-refractivity contribution in [1.82, 2.24) is 9.55 Å². The fourth-order valence-corrected chi connectivity index (χ4v) is 4.22. The van der Waals surface area contributed by atoms with Crippen LogP contribution in [0.5, 0.6) is 0 Å². The van der Waals surface area contributed by atoms with Crippen LogP contribution in [0.3, 0.4) is 0 Å². The molecule has 0 unspecified atom stereocenters. The van der Waals surface area contributed by atoms with Crippen molar-refractivity contribution in [2.24, 2.45) is 0 Å². The molecular weight excluding hydrogens is 420 g/mol. The number of fused-ring (bicyclic) bond motifs is 3. The van der Waals surface area contributed by atoms with Gasteiger partial charge in [0, 0.05) is 12.1 Å². The fourth-order valence-electron chi connectivity index (χ4n) is 4.22. The highest BCUT2D eigenvalue weighted by atomic mass is 16.6. The second kappa shape index (κ2) is 8.23. The number of nitro benzene ring substituents is 1. The van der Waals surface area contributed by atoms with Crippen LogP contribution in [0, 0.1) is 10.1 Å². The van der Waals surface area contributed by atoms with Crippen LogP contribution in [0.15, 0.2) is 84.4 Å². The molecule has 0 amide bonds. The lowest BCUT2D eigenvalue weighted by molar-refractivity contribution is -0.384. The number of non-ortho nitro benzene ring substituents is 1. The molecule has 1 N–H and O–H groups in total. The van der Waals surface area contributed by atoms with E-state index in [1.807, 2.05) is 59.2 Å². The second-order valence-electron chi connectivity index (χ2n) is 7.55. The molecule has 1 aliphatic rings. The molecule has 0 saturated carbocycles. The van der Waals surface area contributed by atoms with Gasteiger partial charge in [0.1, 0.15) is 0 Å². The first kappa shape index (κ1) is 20.4. The standard InChI is InChI=1S/C25H20N4O4/c1-2-33-24(30)21-22(16-9-4-3-5-10-16)27-25-26-19-13-6-7-14-20(19)28(25)23(21)17-11-8-12-18(15-17)29(31)32/h3-15,23H,2H2,1H3,(H,26,27)/t23-/m1/s1. The van der Waals surface area contributed by atoms with E-state index in [0.29, 0.717) is 22.8 Å². The summed E-state index contributed by atoms with van der Waals surface area (Å²) in [5.74, 6) is 0.0448. The molecule has 33 heavy (non-hydrogen) atoms. The number of benzene rings is 3. The van der Waals surface area contributed by atoms with Gasteiger partial charge in [0.05, 0.1) is 39.9 Å². The van der Waals surface area contributed by atoms with Crippen molar-refractivity contribution in [2.45, 2.75) is 13.0 Å². The normalized spacial score (nSPS) is 15.1. The van der Waals surface area contributed by atoms with Gasteiger partial charge in [-0.1, -0.05) is 54.6 Å². The maximum atomic E-state index is 13.4. The molecule has 4 aromatic rings. The Morgan fingerprint density at radius 1 is 1.09 bits per heavy atom. The summed E-state index contributed by atoms with van der Waals surface area (Å²) in [6.07, 6.45) is 0. The van der Waals surface area contributed by atoms with E-state index in [4.69, 9.17) is 9.72 Å². The van der Waals surface area contributed by atoms with Gasteiger partial charge >= 0.3 is 5.97 Å². The smallest absolute Gasteiger partial charge is 0.338 e. The number of imidazole rings is 1. The molecule has 8 nitrogen and oxygen atoms in total. The van der Waals surface area contributed by atoms with Crippen molar-refractivity contribution >= 4 is 34.3 Å². The Bertz CT molecular complexity index is 1410. The number of ether oxygens (including phenoxy) is 1. The number of nitro groups is 1. The monoisotopic (exact) mass is 440 g/mol. The molecule has 164 valence electrons. The number of esters is 1. The second-order valence-corrected chi connectivity index (χ2v) is 7.55. The van der Waals surface area contributed by atoms with Crippen LogP contribution >= 0.6 is 0 Å². The highest BCUT2D eigenvalue weighted by Crippen LogP contribution is 2.42. The number of nitrogens with one attached hydrogen (secondary N) is 1. The van der Waals surface area contributed by atoms with Gasteiger partial charge in [-0.2, -0.15) is 0 Å². The van der Waals surface area contributed by atoms with Crippen molar-refractivity contribution in [2.75, 3.05) is 11.9 Å². The van der Waals surface area contributed by atoms with Crippen LogP contribution in [0.4, 0.5) is 11.6 Å². The number of hydrogen-bond donors (Lipinski definition) is 1. The van der Waals surface area contributed by atoms with Gasteiger partial charge in [0.15, 0.2) is 0 Å². The van der Waals surface area contributed by atoms with E-state index < -0.39 is 16.9 Å². The van der Waals surface area contributed by atoms with Gasteiger partial charge in [-0.05, 0) is 30.2 Å². The number of para-hydroxylation sites is 2. The maximum Gasteiger partial charge on any atom is 0.338 e. The van der Waals surface area contributed by atoms with E-state index >= 15 is 0 Å². The van der Waals surface area contributed by atoms with Crippen molar-refractivity contribution in [3.05, 3.63) is 106 Å². The van der Waals surface area contributed by atoms with Crippen molar-refractivity contribution < 1.29 is 14.5 Å². The number of nitrogens with zero attached hydrogens (tertiary/aromatic N) is 3. The molecule has 0 bridgehead atoms. The Kier molecular flexibility index (Phi) is 5.10. The summed E-state index contributed by atoms with van der Waals surface area (Å²) in [6.45, 7) is 1.95. The van der Waals surface area contributed by atoms with Gasteiger partial charge in [-0.25, -0.2) is 9.78 Å². The molecule has 2 heterocycles. The van der Waals surface area contributed by atoms with Crippen LogP contribution in [-0.4, -0.2) is 27.1 Å². The lowest BCUT2D eigenvalue weighted by Crippen LogP contribution is -2.29. The third-order valence-corrected chi connectivity index (χ3v) is 5.59. The minimum absolute atomic E-state index is 0.0542. The van der Waals surface area contributed by atoms with E-state index in [0.717, 1.165) is 16.6 Å². The largest absolute Gasteiger partial charge is 0.463 e. The number of hydrogen-bond acceptors (Lipinski definition) is 6. The lowest BCUT2D eigenvalue weighted by Gasteiger charge is -2.31. The topological polar surface area (TPSA) is 99.3 Å². The van der Waals surface area contributed by atoms with Gasteiger partial charge in [-0.3, -0.25) is 14.7 Å². The van der Waals surface area contributed by atoms with Gasteiger partial charge in [0.25, 0.3) is 5.69 Å². The maximum absolute atomic E-state index is 13.4. The Labute approximate surface area is 189 Å². The predicted octanol–water partition coefficient (Wildman–Crippen LogP) is 4.93. The van der Waals surface area contributed by atoms with E-state index in [1.54, 1.807) is 19.1 Å². The molecule has 0 spiro atoms. The molecular formula is C25H20N4O4. The summed E-state index contributed by atoms with van der Waals surface area (Å²) >= 11 is 0. The van der Waals surface area contributed by atoms with Crippen LogP contribution in [-0.2, 0) is 9.53 Å². The number of carbonyl (C=O) groups excluding carboxylic acids is 1. The molecule has 1 aliphatic heterocycles. The first-order chi connectivity index (χ1) is 16.1. The van der Waals surface area contributed by atoms with E-state index in [2.05, 4.69) is 5.32 Å². The third-order valence-electron chi connectivity index (χ3n) is 5.59. The molecule has 8 heteroatoms. The quantitative estimate of drug-likeness (QED) is 0.268. The summed E-state index contributed by atoms with van der Waals surface area (Å²) in [6, 6.07) is 22.7. The Morgan fingerprint density at radius 3 is 2.61 bits per heavy atom. The zero-order valence-electron chi connectivity index (χ0n) is 17.8. The van der Waals surface area contributed by atoms with Crippen molar-refractivity contribution in [3.63, 3.8) is 0 Å². The SMILES string of the molecule is CCOC(=O)C1=C(c2ccccc2)Nc2nc3ccccc3n2[C@@H]1c1cccc([N+](=O)[O-])c1. The molecule has 3 aromatic carbocycles. The summed E-state index contributed by atoms with van der Waals surface area (Å²) in [5.41, 5.74) is 3.79. The summed E-state index contributed by atoms with van der Waals surface area (Å²) < 4.78 is 7.36. The lowest BCUT2D eigenvalue weighted by atomic mass is 9.92. The molecule has 0 aliphatic carbocycles. The minimum Gasteiger partial charge on any atom is -0.463 e. The molecule has 0 saturated heterocycles. The predicted molar refractivity (Wildman–Crippen MR) is 125 cm³/mol. The van der Waals surface area contributed by atoms with Crippen molar-refractivity contribution in [1.29, 1.82) is 0 Å². The van der Waals surface area contributed by atoms with Gasteiger partial charge < -0.3 is 10.1 Å². The molecule has 5 rings (SSSR count). The highest BCUT2D eigenvalue weighted by Gasteiger charge is 2.37. The average molecular weight is 440 g/mol. The summed E-state index contributed by atoms with van der Waals surface area (Å²) in [7, 11) is 0. The summed E-state index contributed by atoms with van der Waals surface area (Å²) in [5, 5.41) is 14.8. The van der Waals surface area contributed by atoms with Crippen molar-refractivity contribution in [3.8, 4) is 0 Å². The van der Waals surface area contributed by atoms with Crippen LogP contribution in [0.2, 0.25) is 0 Å².